The summed E-state index contributed by atoms with van der Waals surface area (Å²) in [7, 11) is 0. The van der Waals surface area contributed by atoms with Gasteiger partial charge in [0.1, 0.15) is 0 Å². The van der Waals surface area contributed by atoms with Crippen molar-refractivity contribution in [3.8, 4) is 0 Å². The molecule has 0 aliphatic heterocycles. The number of amides is 2. The molecule has 0 radical (unpaired) electrons. The molecule has 1 aromatic rings. The Morgan fingerprint density at radius 3 is 1.81 bits per heavy atom. The van der Waals surface area contributed by atoms with E-state index < -0.39 is 0 Å². The summed E-state index contributed by atoms with van der Waals surface area (Å²) in [5, 5.41) is 5.45. The zero-order valence-electron chi connectivity index (χ0n) is 9.46. The number of thioether (sulfide) groups is 1. The van der Waals surface area contributed by atoms with Crippen molar-refractivity contribution in [1.82, 2.24) is 0 Å². The van der Waals surface area contributed by atoms with E-state index in [9.17, 15) is 9.59 Å². The van der Waals surface area contributed by atoms with Crippen LogP contribution in [-0.4, -0.2) is 18.1 Å². The highest BCUT2D eigenvalue weighted by molar-refractivity contribution is 7.99. The molecule has 4 nitrogen and oxygen atoms in total. The van der Waals surface area contributed by atoms with Gasteiger partial charge in [0.25, 0.3) is 0 Å². The summed E-state index contributed by atoms with van der Waals surface area (Å²) in [5.41, 5.74) is 1.43. The predicted octanol–water partition coefficient (Wildman–Crippen LogP) is 2.33. The van der Waals surface area contributed by atoms with Crippen LogP contribution in [0.5, 0.6) is 0 Å². The first-order valence-corrected chi connectivity index (χ1v) is 5.99. The first-order chi connectivity index (χ1) is 7.54. The van der Waals surface area contributed by atoms with Crippen molar-refractivity contribution in [2.75, 3.05) is 16.9 Å². The van der Waals surface area contributed by atoms with Gasteiger partial charge in [-0.2, -0.15) is 0 Å². The molecule has 0 saturated carbocycles. The summed E-state index contributed by atoms with van der Waals surface area (Å²) in [5.74, 6) is -0.259. The Hall–Kier alpha value is -1.49. The third-order valence-electron chi connectivity index (χ3n) is 1.84. The molecular weight excluding hydrogens is 224 g/mol. The van der Waals surface area contributed by atoms with Crippen LogP contribution in [0, 0.1) is 0 Å². The third-order valence-corrected chi connectivity index (χ3v) is 2.69. The molecule has 0 aliphatic rings. The van der Waals surface area contributed by atoms with Crippen LogP contribution in [0.25, 0.3) is 0 Å². The number of hydrogen-bond donors (Lipinski definition) is 2. The topological polar surface area (TPSA) is 58.2 Å². The van der Waals surface area contributed by atoms with Gasteiger partial charge in [-0.25, -0.2) is 0 Å². The Balaban J connectivity index is 3.09. The summed E-state index contributed by atoms with van der Waals surface area (Å²) < 4.78 is 0. The highest BCUT2D eigenvalue weighted by atomic mass is 32.2. The van der Waals surface area contributed by atoms with Crippen molar-refractivity contribution in [1.29, 1.82) is 0 Å². The minimum absolute atomic E-state index is 0.129. The van der Waals surface area contributed by atoms with E-state index in [-0.39, 0.29) is 11.8 Å². The maximum Gasteiger partial charge on any atom is 0.221 e. The molecular formula is C11H14N2O2S. The Morgan fingerprint density at radius 2 is 1.50 bits per heavy atom. The van der Waals surface area contributed by atoms with Crippen molar-refractivity contribution >= 4 is 35.0 Å². The lowest BCUT2D eigenvalue weighted by Crippen LogP contribution is -2.10. The van der Waals surface area contributed by atoms with Crippen LogP contribution in [0.3, 0.4) is 0 Å². The first kappa shape index (κ1) is 12.6. The van der Waals surface area contributed by atoms with Crippen molar-refractivity contribution in [2.45, 2.75) is 18.7 Å². The van der Waals surface area contributed by atoms with Crippen molar-refractivity contribution in [2.24, 2.45) is 0 Å². The molecule has 1 aromatic carbocycles. The van der Waals surface area contributed by atoms with Crippen molar-refractivity contribution in [3.05, 3.63) is 18.2 Å². The molecule has 0 saturated heterocycles. The van der Waals surface area contributed by atoms with Gasteiger partial charge < -0.3 is 10.6 Å². The van der Waals surface area contributed by atoms with Gasteiger partial charge in [-0.05, 0) is 18.4 Å². The molecule has 0 bridgehead atoms. The quantitative estimate of drug-likeness (QED) is 0.794. The van der Waals surface area contributed by atoms with Crippen LogP contribution in [0.1, 0.15) is 13.8 Å². The highest BCUT2D eigenvalue weighted by Gasteiger charge is 2.09. The molecule has 0 heterocycles. The molecule has 0 fully saturated rings. The van der Waals surface area contributed by atoms with Gasteiger partial charge in [-0.3, -0.25) is 9.59 Å². The predicted molar refractivity (Wildman–Crippen MR) is 66.8 cm³/mol. The molecule has 2 N–H and O–H groups in total. The molecule has 86 valence electrons. The Kier molecular flexibility index (Phi) is 4.37. The fourth-order valence-corrected chi connectivity index (χ4v) is 2.01. The van der Waals surface area contributed by atoms with Gasteiger partial charge >= 0.3 is 0 Å². The molecule has 0 atom stereocenters. The fourth-order valence-electron chi connectivity index (χ4n) is 1.33. The first-order valence-electron chi connectivity index (χ1n) is 4.76. The van der Waals surface area contributed by atoms with Crippen molar-refractivity contribution in [3.63, 3.8) is 0 Å². The van der Waals surface area contributed by atoms with Crippen LogP contribution in [0.15, 0.2) is 23.1 Å². The summed E-state index contributed by atoms with van der Waals surface area (Å²) in [6, 6.07) is 5.40. The van der Waals surface area contributed by atoms with Crippen LogP contribution in [0.2, 0.25) is 0 Å². The number of benzene rings is 1. The normalized spacial score (nSPS) is 9.69. The number of anilines is 2. The fraction of sp³-hybridized carbons (Fsp3) is 0.273. The molecule has 0 unspecified atom stereocenters. The number of carbonyl (C=O) groups is 2. The second-order valence-electron chi connectivity index (χ2n) is 3.25. The van der Waals surface area contributed by atoms with E-state index in [0.29, 0.717) is 11.4 Å². The van der Waals surface area contributed by atoms with E-state index in [0.717, 1.165) is 4.90 Å². The summed E-state index contributed by atoms with van der Waals surface area (Å²) in [6.07, 6.45) is 1.89. The maximum atomic E-state index is 11.0. The smallest absolute Gasteiger partial charge is 0.221 e. The van der Waals surface area contributed by atoms with Gasteiger partial charge in [0.2, 0.25) is 11.8 Å². The molecule has 0 spiro atoms. The SMILES string of the molecule is CSc1c(NC(C)=O)cccc1NC(C)=O. The monoisotopic (exact) mass is 238 g/mol. The number of nitrogens with one attached hydrogen (secondary N) is 2. The second kappa shape index (κ2) is 5.55. The lowest BCUT2D eigenvalue weighted by Gasteiger charge is -2.12. The van der Waals surface area contributed by atoms with Gasteiger partial charge in [-0.15, -0.1) is 11.8 Å². The Labute approximate surface area is 98.8 Å². The molecule has 0 aromatic heterocycles. The Bertz CT molecular complexity index is 384. The third kappa shape index (κ3) is 3.27. The summed E-state index contributed by atoms with van der Waals surface area (Å²) >= 11 is 1.48. The molecule has 16 heavy (non-hydrogen) atoms. The van der Waals surface area contributed by atoms with E-state index >= 15 is 0 Å². The summed E-state index contributed by atoms with van der Waals surface area (Å²) in [6.45, 7) is 2.91. The van der Waals surface area contributed by atoms with Gasteiger partial charge in [0.05, 0.1) is 16.3 Å². The Morgan fingerprint density at radius 1 is 1.06 bits per heavy atom. The minimum Gasteiger partial charge on any atom is -0.325 e. The van der Waals surface area contributed by atoms with Crippen molar-refractivity contribution < 1.29 is 9.59 Å². The average Bonchev–Trinajstić information content (AvgIpc) is 2.16. The zero-order chi connectivity index (χ0) is 12.1. The minimum atomic E-state index is -0.129. The highest BCUT2D eigenvalue weighted by Crippen LogP contribution is 2.32. The van der Waals surface area contributed by atoms with E-state index in [4.69, 9.17) is 0 Å². The molecule has 1 rings (SSSR count). The molecule has 0 aliphatic carbocycles. The lowest BCUT2D eigenvalue weighted by atomic mass is 10.2. The summed E-state index contributed by atoms with van der Waals surface area (Å²) in [4.78, 5) is 22.9. The number of rotatable bonds is 3. The number of hydrogen-bond acceptors (Lipinski definition) is 3. The lowest BCUT2D eigenvalue weighted by molar-refractivity contribution is -0.115. The largest absolute Gasteiger partial charge is 0.325 e. The maximum absolute atomic E-state index is 11.0. The average molecular weight is 238 g/mol. The van der Waals surface area contributed by atoms with Crippen LogP contribution in [-0.2, 0) is 9.59 Å². The van der Waals surface area contributed by atoms with E-state index in [1.54, 1.807) is 18.2 Å². The van der Waals surface area contributed by atoms with Crippen LogP contribution in [0.4, 0.5) is 11.4 Å². The van der Waals surface area contributed by atoms with Crippen LogP contribution >= 0.6 is 11.8 Å². The second-order valence-corrected chi connectivity index (χ2v) is 4.07. The number of carbonyl (C=O) groups excluding carboxylic acids is 2. The molecule has 5 heteroatoms. The van der Waals surface area contributed by atoms with Gasteiger partial charge in [0.15, 0.2) is 0 Å². The standard InChI is InChI=1S/C11H14N2O2S/c1-7(14)12-9-5-4-6-10(11(9)16-3)13-8(2)15/h4-6H,1-3H3,(H,12,14)(H,13,15). The van der Waals surface area contributed by atoms with E-state index in [1.807, 2.05) is 6.26 Å². The zero-order valence-corrected chi connectivity index (χ0v) is 10.3. The molecule has 2 amide bonds. The van der Waals surface area contributed by atoms with Crippen LogP contribution < -0.4 is 10.6 Å². The van der Waals surface area contributed by atoms with E-state index in [1.165, 1.54) is 25.6 Å². The van der Waals surface area contributed by atoms with Gasteiger partial charge in [0, 0.05) is 13.8 Å². The van der Waals surface area contributed by atoms with Gasteiger partial charge in [-0.1, -0.05) is 6.07 Å². The van der Waals surface area contributed by atoms with E-state index in [2.05, 4.69) is 10.6 Å².